The van der Waals surface area contributed by atoms with Crippen LogP contribution in [0.2, 0.25) is 0 Å². The second kappa shape index (κ2) is 5.77. The Hall–Kier alpha value is -3.22. The molecule has 0 spiro atoms. The van der Waals surface area contributed by atoms with E-state index in [2.05, 4.69) is 25.0 Å². The van der Waals surface area contributed by atoms with Crippen molar-refractivity contribution in [2.45, 2.75) is 6.61 Å². The fraction of sp³-hybridized carbons (Fsp3) is 0.0588. The summed E-state index contributed by atoms with van der Waals surface area (Å²) < 4.78 is 29.0. The normalized spacial score (nSPS) is 11.3. The smallest absolute Gasteiger partial charge is 0.387 e. The van der Waals surface area contributed by atoms with Crippen molar-refractivity contribution < 1.29 is 13.5 Å². The summed E-state index contributed by atoms with van der Waals surface area (Å²) in [4.78, 5) is 11.9. The molecule has 0 amide bonds. The van der Waals surface area contributed by atoms with Gasteiger partial charge in [-0.2, -0.15) is 8.78 Å². The van der Waals surface area contributed by atoms with E-state index in [0.717, 1.165) is 21.9 Å². The van der Waals surface area contributed by atoms with E-state index < -0.39 is 6.61 Å². The van der Waals surface area contributed by atoms with Gasteiger partial charge >= 0.3 is 6.61 Å². The molecule has 0 aliphatic heterocycles. The van der Waals surface area contributed by atoms with Gasteiger partial charge in [-0.1, -0.05) is 6.07 Å². The van der Waals surface area contributed by atoms with Crippen LogP contribution in [0.25, 0.3) is 21.9 Å². The largest absolute Gasteiger partial charge is 0.435 e. The molecule has 0 radical (unpaired) electrons. The van der Waals surface area contributed by atoms with Crippen LogP contribution in [0.5, 0.6) is 5.75 Å². The molecule has 0 atom stereocenters. The number of nitrogens with zero attached hydrogens (tertiary/aromatic N) is 2. The maximum absolute atomic E-state index is 12.3. The molecule has 0 fully saturated rings. The first-order chi connectivity index (χ1) is 11.7. The number of hydrogen-bond acceptors (Lipinski definition) is 4. The first-order valence-corrected chi connectivity index (χ1v) is 7.23. The molecule has 0 bridgehead atoms. The van der Waals surface area contributed by atoms with Crippen LogP contribution in [0, 0.1) is 0 Å². The molecule has 2 N–H and O–H groups in total. The zero-order valence-corrected chi connectivity index (χ0v) is 12.3. The lowest BCUT2D eigenvalue weighted by Crippen LogP contribution is -2.02. The Kier molecular flexibility index (Phi) is 3.45. The molecule has 3 aromatic heterocycles. The topological polar surface area (TPSA) is 62.8 Å². The summed E-state index contributed by atoms with van der Waals surface area (Å²) in [5.74, 6) is 0.684. The number of fused-ring (bicyclic) bond motifs is 3. The van der Waals surface area contributed by atoms with Crippen molar-refractivity contribution in [3.63, 3.8) is 0 Å². The number of alkyl halides is 2. The fourth-order valence-electron chi connectivity index (χ4n) is 2.58. The second-order valence-corrected chi connectivity index (χ2v) is 5.17. The van der Waals surface area contributed by atoms with E-state index in [0.29, 0.717) is 11.5 Å². The fourth-order valence-corrected chi connectivity index (χ4v) is 2.58. The molecule has 24 heavy (non-hydrogen) atoms. The third kappa shape index (κ3) is 2.71. The number of benzene rings is 1. The van der Waals surface area contributed by atoms with Gasteiger partial charge < -0.3 is 15.0 Å². The number of pyridine rings is 2. The Labute approximate surface area is 135 Å². The molecule has 4 rings (SSSR count). The maximum Gasteiger partial charge on any atom is 0.387 e. The predicted octanol–water partition coefficient (Wildman–Crippen LogP) is 4.46. The van der Waals surface area contributed by atoms with E-state index in [1.807, 2.05) is 18.2 Å². The Morgan fingerprint density at radius 2 is 2.00 bits per heavy atom. The van der Waals surface area contributed by atoms with Gasteiger partial charge in [0.15, 0.2) is 0 Å². The van der Waals surface area contributed by atoms with E-state index in [-0.39, 0.29) is 5.75 Å². The molecule has 5 nitrogen and oxygen atoms in total. The number of rotatable bonds is 4. The van der Waals surface area contributed by atoms with Crippen LogP contribution in [0.3, 0.4) is 0 Å². The van der Waals surface area contributed by atoms with Crippen LogP contribution in [0.1, 0.15) is 0 Å². The minimum atomic E-state index is -2.85. The van der Waals surface area contributed by atoms with Crippen LogP contribution >= 0.6 is 0 Å². The minimum Gasteiger partial charge on any atom is -0.435 e. The zero-order chi connectivity index (χ0) is 16.5. The first kappa shape index (κ1) is 14.4. The lowest BCUT2D eigenvalue weighted by molar-refractivity contribution is -0.0497. The Bertz CT molecular complexity index is 1020. The second-order valence-electron chi connectivity index (χ2n) is 5.17. The predicted molar refractivity (Wildman–Crippen MR) is 87.8 cm³/mol. The highest BCUT2D eigenvalue weighted by Gasteiger charge is 2.08. The summed E-state index contributed by atoms with van der Waals surface area (Å²) in [6.07, 6.45) is 3.50. The number of hydrogen-bond donors (Lipinski definition) is 2. The number of halogens is 2. The molecule has 0 saturated heterocycles. The molecule has 0 aliphatic rings. The van der Waals surface area contributed by atoms with E-state index in [1.54, 1.807) is 24.5 Å². The summed E-state index contributed by atoms with van der Waals surface area (Å²) >= 11 is 0. The summed E-state index contributed by atoms with van der Waals surface area (Å²) in [6, 6.07) is 12.0. The molecular weight excluding hydrogens is 314 g/mol. The SMILES string of the molecule is FC(F)Oc1cccc(Nc2ccc3c(n2)[nH]c2ccncc23)c1. The molecule has 4 aromatic rings. The van der Waals surface area contributed by atoms with Gasteiger partial charge in [-0.25, -0.2) is 4.98 Å². The molecule has 1 aromatic carbocycles. The number of anilines is 2. The van der Waals surface area contributed by atoms with Crippen LogP contribution in [0.15, 0.2) is 54.9 Å². The lowest BCUT2D eigenvalue weighted by Gasteiger charge is -2.08. The van der Waals surface area contributed by atoms with Gasteiger partial charge in [-0.3, -0.25) is 4.98 Å². The van der Waals surface area contributed by atoms with E-state index in [1.165, 1.54) is 12.1 Å². The van der Waals surface area contributed by atoms with E-state index in [9.17, 15) is 8.78 Å². The van der Waals surface area contributed by atoms with Gasteiger partial charge in [-0.15, -0.1) is 0 Å². The van der Waals surface area contributed by atoms with Crippen molar-refractivity contribution in [3.05, 3.63) is 54.9 Å². The van der Waals surface area contributed by atoms with Crippen molar-refractivity contribution in [3.8, 4) is 5.75 Å². The van der Waals surface area contributed by atoms with Crippen molar-refractivity contribution in [1.29, 1.82) is 0 Å². The maximum atomic E-state index is 12.3. The molecule has 0 unspecified atom stereocenters. The quantitative estimate of drug-likeness (QED) is 0.581. The van der Waals surface area contributed by atoms with E-state index in [4.69, 9.17) is 0 Å². The molecule has 0 aliphatic carbocycles. The van der Waals surface area contributed by atoms with Crippen LogP contribution < -0.4 is 10.1 Å². The number of aromatic nitrogens is 3. The number of H-pyrrole nitrogens is 1. The first-order valence-electron chi connectivity index (χ1n) is 7.23. The molecular formula is C17H12F2N4O. The van der Waals surface area contributed by atoms with Crippen LogP contribution in [-0.2, 0) is 0 Å². The van der Waals surface area contributed by atoms with Crippen molar-refractivity contribution in [2.24, 2.45) is 0 Å². The Balaban J connectivity index is 1.66. The van der Waals surface area contributed by atoms with Gasteiger partial charge in [-0.05, 0) is 30.3 Å². The zero-order valence-electron chi connectivity index (χ0n) is 12.3. The number of nitrogens with one attached hydrogen (secondary N) is 2. The third-order valence-electron chi connectivity index (χ3n) is 3.59. The average molecular weight is 326 g/mol. The standard InChI is InChI=1S/C17H12F2N4O/c18-17(19)24-11-3-1-2-10(8-11)21-15-5-4-12-13-9-20-7-6-14(13)22-16(12)23-15/h1-9,17H,(H2,21,22,23). The third-order valence-corrected chi connectivity index (χ3v) is 3.59. The molecule has 0 saturated carbocycles. The summed E-state index contributed by atoms with van der Waals surface area (Å²) in [5.41, 5.74) is 2.29. The minimum absolute atomic E-state index is 0.0905. The highest BCUT2D eigenvalue weighted by atomic mass is 19.3. The molecule has 3 heterocycles. The Morgan fingerprint density at radius 1 is 1.08 bits per heavy atom. The molecule has 120 valence electrons. The van der Waals surface area contributed by atoms with Crippen molar-refractivity contribution in [1.82, 2.24) is 15.0 Å². The number of ether oxygens (including phenoxy) is 1. The van der Waals surface area contributed by atoms with Gasteiger partial charge in [0.25, 0.3) is 0 Å². The highest BCUT2D eigenvalue weighted by molar-refractivity contribution is 6.05. The monoisotopic (exact) mass is 326 g/mol. The summed E-state index contributed by atoms with van der Waals surface area (Å²) in [6.45, 7) is -2.85. The lowest BCUT2D eigenvalue weighted by atomic mass is 10.2. The van der Waals surface area contributed by atoms with E-state index >= 15 is 0 Å². The van der Waals surface area contributed by atoms with Gasteiger partial charge in [0.1, 0.15) is 17.2 Å². The average Bonchev–Trinajstić information content (AvgIpc) is 2.92. The Morgan fingerprint density at radius 3 is 2.88 bits per heavy atom. The van der Waals surface area contributed by atoms with Gasteiger partial charge in [0, 0.05) is 34.9 Å². The van der Waals surface area contributed by atoms with Crippen LogP contribution in [-0.4, -0.2) is 21.6 Å². The van der Waals surface area contributed by atoms with Crippen molar-refractivity contribution in [2.75, 3.05) is 5.32 Å². The summed E-state index contributed by atoms with van der Waals surface area (Å²) in [5, 5.41) is 5.05. The van der Waals surface area contributed by atoms with Crippen molar-refractivity contribution >= 4 is 33.4 Å². The van der Waals surface area contributed by atoms with Gasteiger partial charge in [0.2, 0.25) is 0 Å². The molecule has 7 heteroatoms. The highest BCUT2D eigenvalue weighted by Crippen LogP contribution is 2.26. The number of aromatic amines is 1. The van der Waals surface area contributed by atoms with Gasteiger partial charge in [0.05, 0.1) is 5.52 Å². The summed E-state index contributed by atoms with van der Waals surface area (Å²) in [7, 11) is 0. The van der Waals surface area contributed by atoms with Crippen LogP contribution in [0.4, 0.5) is 20.3 Å².